The molecule has 1 saturated heterocycles. The van der Waals surface area contributed by atoms with Gasteiger partial charge in [-0.3, -0.25) is 4.79 Å². The van der Waals surface area contributed by atoms with Crippen molar-refractivity contribution in [3.8, 4) is 0 Å². The Kier molecular flexibility index (Phi) is 3.10. The lowest BCUT2D eigenvalue weighted by molar-refractivity contribution is -0.135. The molecule has 0 radical (unpaired) electrons. The first-order valence-corrected chi connectivity index (χ1v) is 6.92. The number of fused-ring (bicyclic) bond motifs is 1. The Morgan fingerprint density at radius 1 is 1.33 bits per heavy atom. The Bertz CT molecular complexity index is 391. The molecule has 4 nitrogen and oxygen atoms in total. The zero-order valence-corrected chi connectivity index (χ0v) is 10.5. The van der Waals surface area contributed by atoms with E-state index in [9.17, 15) is 9.59 Å². The van der Waals surface area contributed by atoms with Crippen LogP contribution in [0.2, 0.25) is 0 Å². The molecule has 0 aromatic rings. The van der Waals surface area contributed by atoms with Gasteiger partial charge in [0.25, 0.3) is 0 Å². The molecule has 3 atom stereocenters. The van der Waals surface area contributed by atoms with Crippen LogP contribution in [-0.4, -0.2) is 30.1 Å². The largest absolute Gasteiger partial charge is 0.447 e. The van der Waals surface area contributed by atoms with Crippen molar-refractivity contribution in [1.82, 2.24) is 4.90 Å². The molecule has 2 aliphatic carbocycles. The number of ether oxygens (including phenoxy) is 1. The molecule has 0 aromatic carbocycles. The lowest BCUT2D eigenvalue weighted by Gasteiger charge is -2.38. The van der Waals surface area contributed by atoms with Crippen molar-refractivity contribution in [3.05, 3.63) is 12.2 Å². The van der Waals surface area contributed by atoms with Crippen molar-refractivity contribution in [3.63, 3.8) is 0 Å². The highest BCUT2D eigenvalue weighted by atomic mass is 16.6. The second-order valence-electron chi connectivity index (χ2n) is 5.49. The average molecular weight is 249 g/mol. The van der Waals surface area contributed by atoms with E-state index in [0.29, 0.717) is 25.0 Å². The van der Waals surface area contributed by atoms with Gasteiger partial charge < -0.3 is 4.74 Å². The first-order valence-electron chi connectivity index (χ1n) is 6.92. The van der Waals surface area contributed by atoms with Gasteiger partial charge in [0.15, 0.2) is 0 Å². The van der Waals surface area contributed by atoms with Crippen LogP contribution in [0.4, 0.5) is 4.79 Å². The maximum atomic E-state index is 12.5. The van der Waals surface area contributed by atoms with Crippen LogP contribution in [-0.2, 0) is 9.53 Å². The highest BCUT2D eigenvalue weighted by Crippen LogP contribution is 2.41. The minimum absolute atomic E-state index is 0.00838. The van der Waals surface area contributed by atoms with Gasteiger partial charge in [-0.2, -0.15) is 0 Å². The summed E-state index contributed by atoms with van der Waals surface area (Å²) in [4.78, 5) is 25.2. The van der Waals surface area contributed by atoms with E-state index in [-0.39, 0.29) is 11.8 Å². The Labute approximate surface area is 107 Å². The minimum Gasteiger partial charge on any atom is -0.447 e. The second-order valence-corrected chi connectivity index (χ2v) is 5.49. The molecule has 1 heterocycles. The van der Waals surface area contributed by atoms with Crippen molar-refractivity contribution < 1.29 is 14.3 Å². The number of carbonyl (C=O) groups excluding carboxylic acids is 2. The first kappa shape index (κ1) is 11.8. The third kappa shape index (κ3) is 1.93. The van der Waals surface area contributed by atoms with E-state index in [4.69, 9.17) is 4.74 Å². The lowest BCUT2D eigenvalue weighted by atomic mass is 9.68. The summed E-state index contributed by atoms with van der Waals surface area (Å²) in [7, 11) is 0. The number of nitrogens with zero attached hydrogens (tertiary/aromatic N) is 1. The van der Waals surface area contributed by atoms with Crippen molar-refractivity contribution in [2.24, 2.45) is 17.8 Å². The Morgan fingerprint density at radius 3 is 2.94 bits per heavy atom. The fraction of sp³-hybridized carbons (Fsp3) is 0.714. The topological polar surface area (TPSA) is 46.6 Å². The summed E-state index contributed by atoms with van der Waals surface area (Å²) in [6.07, 6.45) is 9.50. The van der Waals surface area contributed by atoms with Crippen LogP contribution in [0.1, 0.15) is 32.1 Å². The molecule has 1 saturated carbocycles. The van der Waals surface area contributed by atoms with E-state index >= 15 is 0 Å². The number of carbonyl (C=O) groups is 2. The van der Waals surface area contributed by atoms with Crippen LogP contribution >= 0.6 is 0 Å². The number of hydrogen-bond donors (Lipinski definition) is 0. The quantitative estimate of drug-likeness (QED) is 0.670. The molecule has 2 fully saturated rings. The van der Waals surface area contributed by atoms with Crippen molar-refractivity contribution in [2.45, 2.75) is 32.1 Å². The summed E-state index contributed by atoms with van der Waals surface area (Å²) >= 11 is 0. The molecular formula is C14H19NO3. The second kappa shape index (κ2) is 4.75. The maximum Gasteiger partial charge on any atom is 0.416 e. The molecule has 0 N–H and O–H groups in total. The molecule has 0 unspecified atom stereocenters. The maximum absolute atomic E-state index is 12.5. The van der Waals surface area contributed by atoms with E-state index in [1.807, 2.05) is 0 Å². The van der Waals surface area contributed by atoms with Gasteiger partial charge in [-0.15, -0.1) is 0 Å². The van der Waals surface area contributed by atoms with E-state index in [2.05, 4.69) is 12.2 Å². The van der Waals surface area contributed by atoms with Crippen LogP contribution in [0.15, 0.2) is 12.2 Å². The number of rotatable bonds is 1. The molecule has 0 aromatic heterocycles. The Morgan fingerprint density at radius 2 is 2.17 bits per heavy atom. The highest BCUT2D eigenvalue weighted by Gasteiger charge is 2.41. The fourth-order valence-corrected chi connectivity index (χ4v) is 3.58. The van der Waals surface area contributed by atoms with Crippen LogP contribution in [0.3, 0.4) is 0 Å². The number of imide groups is 1. The van der Waals surface area contributed by atoms with Crippen LogP contribution in [0.25, 0.3) is 0 Å². The predicted octanol–water partition coefficient (Wildman–Crippen LogP) is 2.35. The summed E-state index contributed by atoms with van der Waals surface area (Å²) < 4.78 is 4.86. The summed E-state index contributed by atoms with van der Waals surface area (Å²) in [6, 6.07) is 0. The molecule has 98 valence electrons. The number of cyclic esters (lactones) is 1. The zero-order valence-electron chi connectivity index (χ0n) is 10.5. The highest BCUT2D eigenvalue weighted by molar-refractivity contribution is 5.94. The lowest BCUT2D eigenvalue weighted by Crippen LogP contribution is -2.42. The van der Waals surface area contributed by atoms with Crippen molar-refractivity contribution in [1.29, 1.82) is 0 Å². The third-order valence-electron chi connectivity index (χ3n) is 4.51. The monoisotopic (exact) mass is 249 g/mol. The minimum atomic E-state index is -0.457. The van der Waals surface area contributed by atoms with Gasteiger partial charge >= 0.3 is 6.09 Å². The summed E-state index contributed by atoms with van der Waals surface area (Å²) in [6.45, 7) is 0.774. The molecule has 0 bridgehead atoms. The smallest absolute Gasteiger partial charge is 0.416 e. The van der Waals surface area contributed by atoms with Gasteiger partial charge in [0.05, 0.1) is 6.54 Å². The average Bonchev–Trinajstić information content (AvgIpc) is 2.83. The molecule has 4 heteroatoms. The molecule has 0 spiro atoms. The molecule has 3 rings (SSSR count). The van der Waals surface area contributed by atoms with Crippen molar-refractivity contribution in [2.75, 3.05) is 13.2 Å². The van der Waals surface area contributed by atoms with Gasteiger partial charge in [-0.1, -0.05) is 25.0 Å². The molecule has 3 aliphatic rings. The normalized spacial score (nSPS) is 35.2. The summed E-state index contributed by atoms with van der Waals surface area (Å²) in [5.74, 6) is 0.953. The molecular weight excluding hydrogens is 230 g/mol. The van der Waals surface area contributed by atoms with E-state index in [1.54, 1.807) is 0 Å². The molecule has 1 aliphatic heterocycles. The first-order chi connectivity index (χ1) is 8.77. The standard InChI is InChI=1S/C14H19NO3/c16-13(15-8-9-18-14(15)17)12-7-3-5-10-4-1-2-6-11(10)12/h3,5,10-12H,1-2,4,6-9H2/t10-,11+,12+/m0/s1. The Balaban J connectivity index is 1.76. The van der Waals surface area contributed by atoms with E-state index in [1.165, 1.54) is 24.2 Å². The fourth-order valence-electron chi connectivity index (χ4n) is 3.58. The van der Waals surface area contributed by atoms with E-state index < -0.39 is 6.09 Å². The SMILES string of the molecule is O=C1OCCN1C(=O)[C@@H]1CC=C[C@@H]2CCCC[C@H]21. The summed E-state index contributed by atoms with van der Waals surface area (Å²) in [5.41, 5.74) is 0. The Hall–Kier alpha value is -1.32. The molecule has 18 heavy (non-hydrogen) atoms. The number of allylic oxidation sites excluding steroid dienone is 2. The van der Waals surface area contributed by atoms with Gasteiger partial charge in [0.1, 0.15) is 6.61 Å². The van der Waals surface area contributed by atoms with Crippen LogP contribution in [0.5, 0.6) is 0 Å². The van der Waals surface area contributed by atoms with Crippen LogP contribution < -0.4 is 0 Å². The number of hydrogen-bond acceptors (Lipinski definition) is 3. The van der Waals surface area contributed by atoms with Gasteiger partial charge in [0.2, 0.25) is 5.91 Å². The predicted molar refractivity (Wildman–Crippen MR) is 65.8 cm³/mol. The van der Waals surface area contributed by atoms with Crippen LogP contribution in [0, 0.1) is 17.8 Å². The third-order valence-corrected chi connectivity index (χ3v) is 4.51. The van der Waals surface area contributed by atoms with Gasteiger partial charge in [-0.05, 0) is 31.1 Å². The van der Waals surface area contributed by atoms with Gasteiger partial charge in [0, 0.05) is 5.92 Å². The number of amides is 2. The summed E-state index contributed by atoms with van der Waals surface area (Å²) in [5, 5.41) is 0. The van der Waals surface area contributed by atoms with Gasteiger partial charge in [-0.25, -0.2) is 9.69 Å². The van der Waals surface area contributed by atoms with Crippen molar-refractivity contribution >= 4 is 12.0 Å². The van der Waals surface area contributed by atoms with E-state index in [0.717, 1.165) is 12.8 Å². The zero-order chi connectivity index (χ0) is 12.5. The molecule has 2 amide bonds.